The Morgan fingerprint density at radius 1 is 0.975 bits per heavy atom. The van der Waals surface area contributed by atoms with Gasteiger partial charge in [0.1, 0.15) is 0 Å². The molecule has 2 N–H and O–H groups in total. The van der Waals surface area contributed by atoms with Gasteiger partial charge in [0.25, 0.3) is 5.91 Å². The Balaban J connectivity index is 1.30. The minimum atomic E-state index is -0.310. The molecule has 4 rings (SSSR count). The van der Waals surface area contributed by atoms with Gasteiger partial charge in [-0.05, 0) is 92.6 Å². The van der Waals surface area contributed by atoms with E-state index in [1.165, 1.54) is 16.7 Å². The van der Waals surface area contributed by atoms with Gasteiger partial charge in [0, 0.05) is 63.1 Å². The Bertz CT molecular complexity index is 1310. The molecule has 1 fully saturated rings. The third kappa shape index (κ3) is 7.86. The van der Waals surface area contributed by atoms with Crippen LogP contribution >= 0.6 is 0 Å². The second-order valence-corrected chi connectivity index (χ2v) is 10.8. The highest BCUT2D eigenvalue weighted by Gasteiger charge is 2.22. The number of aromatic nitrogens is 4. The summed E-state index contributed by atoms with van der Waals surface area (Å²) in [7, 11) is 5.91. The summed E-state index contributed by atoms with van der Waals surface area (Å²) in [6.07, 6.45) is 1.84. The van der Waals surface area contributed by atoms with Crippen LogP contribution < -0.4 is 10.6 Å². The smallest absolute Gasteiger partial charge is 0.319 e. The van der Waals surface area contributed by atoms with E-state index in [1.54, 1.807) is 29.9 Å². The molecular weight excluding hydrogens is 506 g/mol. The highest BCUT2D eigenvalue weighted by atomic mass is 16.2. The van der Waals surface area contributed by atoms with Crippen molar-refractivity contribution in [2.24, 2.45) is 7.05 Å². The maximum Gasteiger partial charge on any atom is 0.319 e. The SMILES string of the molecule is Cc1ccc(CN(C)CCCCNC(=O)Nc2cc(C(=O)N3CCN(C)CC3)cc(-c3nnnn3C)c2)cc1C. The molecule has 0 saturated carbocycles. The standard InChI is InChI=1S/C29H41N9O2/c1-21-8-9-23(16-22(21)2)20-36(4)11-7-6-10-30-29(40)31-26-18-24(27-32-33-34-37(27)5)17-25(19-26)28(39)38-14-12-35(3)13-15-38/h8-9,16-19H,6-7,10-15,20H2,1-5H3,(H2,30,31,40). The van der Waals surface area contributed by atoms with E-state index in [4.69, 9.17) is 0 Å². The van der Waals surface area contributed by atoms with E-state index in [1.807, 2.05) is 4.90 Å². The van der Waals surface area contributed by atoms with Crippen LogP contribution in [-0.4, -0.2) is 100 Å². The van der Waals surface area contributed by atoms with Crippen molar-refractivity contribution in [2.75, 3.05) is 58.7 Å². The first-order valence-electron chi connectivity index (χ1n) is 13.8. The minimum absolute atomic E-state index is 0.0709. The molecule has 40 heavy (non-hydrogen) atoms. The van der Waals surface area contributed by atoms with Gasteiger partial charge in [-0.25, -0.2) is 9.48 Å². The molecule has 214 valence electrons. The molecule has 2 heterocycles. The topological polar surface area (TPSA) is 112 Å². The zero-order chi connectivity index (χ0) is 28.6. The summed E-state index contributed by atoms with van der Waals surface area (Å²) < 4.78 is 1.54. The van der Waals surface area contributed by atoms with Gasteiger partial charge in [0.05, 0.1) is 0 Å². The lowest BCUT2D eigenvalue weighted by atomic mass is 10.1. The molecule has 11 heteroatoms. The highest BCUT2D eigenvalue weighted by molar-refractivity contribution is 5.98. The number of hydrogen-bond donors (Lipinski definition) is 2. The summed E-state index contributed by atoms with van der Waals surface area (Å²) in [5, 5.41) is 17.5. The lowest BCUT2D eigenvalue weighted by molar-refractivity contribution is 0.0664. The zero-order valence-corrected chi connectivity index (χ0v) is 24.3. The van der Waals surface area contributed by atoms with Crippen LogP contribution in [0.3, 0.4) is 0 Å². The van der Waals surface area contributed by atoms with Gasteiger partial charge < -0.3 is 25.3 Å². The maximum absolute atomic E-state index is 13.3. The molecule has 1 aromatic heterocycles. The molecule has 3 amide bonds. The fraction of sp³-hybridized carbons (Fsp3) is 0.483. The van der Waals surface area contributed by atoms with Crippen LogP contribution in [0, 0.1) is 13.8 Å². The number of urea groups is 1. The molecule has 1 aliphatic rings. The molecule has 0 atom stereocenters. The number of rotatable bonds is 10. The maximum atomic E-state index is 13.3. The monoisotopic (exact) mass is 547 g/mol. The number of carbonyl (C=O) groups excluding carboxylic acids is 2. The van der Waals surface area contributed by atoms with Crippen molar-refractivity contribution >= 4 is 17.6 Å². The molecule has 0 aliphatic carbocycles. The lowest BCUT2D eigenvalue weighted by Gasteiger charge is -2.32. The number of amides is 3. The number of anilines is 1. The van der Waals surface area contributed by atoms with Gasteiger partial charge in [0.15, 0.2) is 5.82 Å². The average Bonchev–Trinajstić information content (AvgIpc) is 3.36. The van der Waals surface area contributed by atoms with Crippen LogP contribution in [0.1, 0.15) is 39.9 Å². The van der Waals surface area contributed by atoms with E-state index < -0.39 is 0 Å². The van der Waals surface area contributed by atoms with E-state index in [9.17, 15) is 9.59 Å². The zero-order valence-electron chi connectivity index (χ0n) is 24.3. The summed E-state index contributed by atoms with van der Waals surface area (Å²) in [6.45, 7) is 9.66. The Hall–Kier alpha value is -3.83. The highest BCUT2D eigenvalue weighted by Crippen LogP contribution is 2.24. The number of hydrogen-bond acceptors (Lipinski definition) is 7. The molecule has 0 bridgehead atoms. The van der Waals surface area contributed by atoms with E-state index in [-0.39, 0.29) is 11.9 Å². The van der Waals surface area contributed by atoms with Crippen molar-refractivity contribution in [1.82, 2.24) is 40.2 Å². The third-order valence-corrected chi connectivity index (χ3v) is 7.38. The first-order valence-corrected chi connectivity index (χ1v) is 13.8. The second kappa shape index (κ2) is 13.5. The average molecular weight is 548 g/mol. The van der Waals surface area contributed by atoms with Crippen molar-refractivity contribution in [1.29, 1.82) is 0 Å². The molecule has 0 unspecified atom stereocenters. The van der Waals surface area contributed by atoms with Gasteiger partial charge in [0.2, 0.25) is 0 Å². The van der Waals surface area contributed by atoms with E-state index in [0.29, 0.717) is 42.3 Å². The van der Waals surface area contributed by atoms with Gasteiger partial charge in [-0.2, -0.15) is 0 Å². The summed E-state index contributed by atoms with van der Waals surface area (Å²) in [5.74, 6) is 0.444. The van der Waals surface area contributed by atoms with Crippen molar-refractivity contribution in [3.63, 3.8) is 0 Å². The van der Waals surface area contributed by atoms with E-state index in [2.05, 4.69) is 82.1 Å². The van der Waals surface area contributed by atoms with Crippen molar-refractivity contribution in [3.05, 3.63) is 58.7 Å². The number of likely N-dealkylation sites (N-methyl/N-ethyl adjacent to an activating group) is 1. The number of nitrogens with one attached hydrogen (secondary N) is 2. The van der Waals surface area contributed by atoms with Crippen LogP contribution in [0.2, 0.25) is 0 Å². The molecule has 1 aliphatic heterocycles. The quantitative estimate of drug-likeness (QED) is 0.376. The Kier molecular flexibility index (Phi) is 9.84. The summed E-state index contributed by atoms with van der Waals surface area (Å²) >= 11 is 0. The van der Waals surface area contributed by atoms with Gasteiger partial charge in [-0.1, -0.05) is 18.2 Å². The Labute approximate surface area is 236 Å². The molecule has 0 radical (unpaired) electrons. The number of benzene rings is 2. The first kappa shape index (κ1) is 29.2. The van der Waals surface area contributed by atoms with Crippen LogP contribution in [0.15, 0.2) is 36.4 Å². The van der Waals surface area contributed by atoms with Crippen molar-refractivity contribution in [3.8, 4) is 11.4 Å². The van der Waals surface area contributed by atoms with Crippen LogP contribution in [0.25, 0.3) is 11.4 Å². The molecule has 11 nitrogen and oxygen atoms in total. The van der Waals surface area contributed by atoms with Crippen molar-refractivity contribution < 1.29 is 9.59 Å². The summed E-state index contributed by atoms with van der Waals surface area (Å²) in [4.78, 5) is 32.4. The number of aryl methyl sites for hydroxylation is 3. The minimum Gasteiger partial charge on any atom is -0.338 e. The van der Waals surface area contributed by atoms with Crippen LogP contribution in [0.5, 0.6) is 0 Å². The van der Waals surface area contributed by atoms with Crippen LogP contribution in [-0.2, 0) is 13.6 Å². The molecule has 0 spiro atoms. The lowest BCUT2D eigenvalue weighted by Crippen LogP contribution is -2.47. The van der Waals surface area contributed by atoms with Gasteiger partial charge in [-0.15, -0.1) is 5.10 Å². The van der Waals surface area contributed by atoms with E-state index in [0.717, 1.165) is 39.0 Å². The molecule has 1 saturated heterocycles. The second-order valence-electron chi connectivity index (χ2n) is 10.8. The van der Waals surface area contributed by atoms with Crippen LogP contribution in [0.4, 0.5) is 10.5 Å². The number of carbonyl (C=O) groups is 2. The summed E-state index contributed by atoms with van der Waals surface area (Å²) in [5.41, 5.74) is 5.61. The third-order valence-electron chi connectivity index (χ3n) is 7.38. The fourth-order valence-corrected chi connectivity index (χ4v) is 4.79. The number of piperazine rings is 1. The Morgan fingerprint density at radius 2 is 1.75 bits per heavy atom. The predicted octanol–water partition coefficient (Wildman–Crippen LogP) is 2.92. The number of nitrogens with zero attached hydrogens (tertiary/aromatic N) is 7. The number of unbranched alkanes of at least 4 members (excludes halogenated alkanes) is 1. The predicted molar refractivity (Wildman–Crippen MR) is 156 cm³/mol. The van der Waals surface area contributed by atoms with Gasteiger partial charge in [-0.3, -0.25) is 4.79 Å². The fourth-order valence-electron chi connectivity index (χ4n) is 4.79. The molecular formula is C29H41N9O2. The largest absolute Gasteiger partial charge is 0.338 e. The molecule has 2 aromatic carbocycles. The normalized spacial score (nSPS) is 14.0. The van der Waals surface area contributed by atoms with Crippen molar-refractivity contribution in [2.45, 2.75) is 33.2 Å². The van der Waals surface area contributed by atoms with Gasteiger partial charge >= 0.3 is 6.03 Å². The Morgan fingerprint density at radius 3 is 2.45 bits per heavy atom. The first-order chi connectivity index (χ1) is 19.2. The molecule has 3 aromatic rings. The van der Waals surface area contributed by atoms with E-state index >= 15 is 0 Å². The number of tetrazole rings is 1. The summed E-state index contributed by atoms with van der Waals surface area (Å²) in [6, 6.07) is 11.6.